The first kappa shape index (κ1) is 13.1. The second-order valence-corrected chi connectivity index (χ2v) is 5.53. The number of aromatic carboxylic acids is 1. The Morgan fingerprint density at radius 1 is 1.42 bits per heavy atom. The molecule has 0 unspecified atom stereocenters. The number of aromatic amines is 1. The lowest BCUT2D eigenvalue weighted by Gasteiger charge is -2.02. The summed E-state index contributed by atoms with van der Waals surface area (Å²) >= 11 is 0. The van der Waals surface area contributed by atoms with E-state index in [1.54, 1.807) is 6.92 Å². The molecule has 0 saturated carbocycles. The van der Waals surface area contributed by atoms with Crippen LogP contribution in [-0.2, 0) is 10.0 Å². The zero-order chi connectivity index (χ0) is 14.2. The van der Waals surface area contributed by atoms with Gasteiger partial charge in [0.2, 0.25) is 5.76 Å². The van der Waals surface area contributed by atoms with Gasteiger partial charge in [-0.05, 0) is 13.8 Å². The summed E-state index contributed by atoms with van der Waals surface area (Å²) < 4.78 is 31.2. The van der Waals surface area contributed by atoms with Crippen molar-refractivity contribution in [3.05, 3.63) is 29.3 Å². The second-order valence-electron chi connectivity index (χ2n) is 3.88. The van der Waals surface area contributed by atoms with Gasteiger partial charge in [0.25, 0.3) is 10.0 Å². The first-order chi connectivity index (χ1) is 8.79. The minimum absolute atomic E-state index is 0.00263. The summed E-state index contributed by atoms with van der Waals surface area (Å²) in [6, 6.07) is 2.46. The van der Waals surface area contributed by atoms with Crippen molar-refractivity contribution < 1.29 is 22.7 Å². The standard InChI is InChI=1S/C10H11N3O5S/c1-5-3-9(12-11-5)13-19(16,17)8-4-7(10(14)15)18-6(8)2/h3-4H,1-2H3,(H,14,15)(H2,11,12,13). The van der Waals surface area contributed by atoms with Gasteiger partial charge in [0.05, 0.1) is 0 Å². The van der Waals surface area contributed by atoms with E-state index in [1.807, 2.05) is 0 Å². The van der Waals surface area contributed by atoms with Gasteiger partial charge in [0, 0.05) is 17.8 Å². The summed E-state index contributed by atoms with van der Waals surface area (Å²) in [5.41, 5.74) is 0.688. The van der Waals surface area contributed by atoms with E-state index < -0.39 is 21.8 Å². The van der Waals surface area contributed by atoms with Crippen molar-refractivity contribution >= 4 is 21.8 Å². The molecule has 0 aliphatic carbocycles. The van der Waals surface area contributed by atoms with Crippen molar-refractivity contribution in [1.82, 2.24) is 10.2 Å². The van der Waals surface area contributed by atoms with Crippen LogP contribution in [0.1, 0.15) is 22.0 Å². The smallest absolute Gasteiger partial charge is 0.371 e. The van der Waals surface area contributed by atoms with Crippen molar-refractivity contribution in [1.29, 1.82) is 0 Å². The molecule has 0 fully saturated rings. The molecule has 9 heteroatoms. The molecule has 2 heterocycles. The Hall–Kier alpha value is -2.29. The van der Waals surface area contributed by atoms with Crippen LogP contribution in [0.15, 0.2) is 21.4 Å². The molecule has 2 rings (SSSR count). The van der Waals surface area contributed by atoms with Crippen molar-refractivity contribution in [2.45, 2.75) is 18.7 Å². The van der Waals surface area contributed by atoms with E-state index >= 15 is 0 Å². The van der Waals surface area contributed by atoms with E-state index in [1.165, 1.54) is 13.0 Å². The maximum absolute atomic E-state index is 12.0. The Bertz CT molecular complexity index is 728. The highest BCUT2D eigenvalue weighted by atomic mass is 32.2. The Kier molecular flexibility index (Phi) is 3.06. The first-order valence-electron chi connectivity index (χ1n) is 5.18. The lowest BCUT2D eigenvalue weighted by Crippen LogP contribution is -2.13. The summed E-state index contributed by atoms with van der Waals surface area (Å²) in [6.45, 7) is 3.09. The Morgan fingerprint density at radius 3 is 2.58 bits per heavy atom. The van der Waals surface area contributed by atoms with Gasteiger partial charge in [-0.1, -0.05) is 0 Å². The van der Waals surface area contributed by atoms with Gasteiger partial charge in [-0.2, -0.15) is 5.10 Å². The topological polar surface area (TPSA) is 125 Å². The monoisotopic (exact) mass is 285 g/mol. The van der Waals surface area contributed by atoms with Gasteiger partial charge in [0.15, 0.2) is 5.82 Å². The van der Waals surface area contributed by atoms with Crippen LogP contribution in [0.25, 0.3) is 0 Å². The minimum atomic E-state index is -3.93. The van der Waals surface area contributed by atoms with E-state index in [4.69, 9.17) is 9.52 Å². The number of hydrogen-bond acceptors (Lipinski definition) is 5. The number of carboxylic acid groups (broad SMARTS) is 1. The second kappa shape index (κ2) is 4.43. The van der Waals surface area contributed by atoms with Gasteiger partial charge < -0.3 is 9.52 Å². The van der Waals surface area contributed by atoms with Crippen molar-refractivity contribution in [2.24, 2.45) is 0 Å². The van der Waals surface area contributed by atoms with E-state index in [2.05, 4.69) is 14.9 Å². The van der Waals surface area contributed by atoms with Crippen LogP contribution in [0.4, 0.5) is 5.82 Å². The summed E-state index contributed by atoms with van der Waals surface area (Å²) in [5, 5.41) is 15.1. The molecule has 8 nitrogen and oxygen atoms in total. The molecule has 3 N–H and O–H groups in total. The van der Waals surface area contributed by atoms with Crippen molar-refractivity contribution in [2.75, 3.05) is 4.72 Å². The van der Waals surface area contributed by atoms with Crippen LogP contribution in [0.3, 0.4) is 0 Å². The molecule has 0 atom stereocenters. The molecule has 0 aliphatic heterocycles. The Labute approximate surface area is 108 Å². The molecular formula is C10H11N3O5S. The number of aryl methyl sites for hydroxylation is 2. The number of anilines is 1. The number of nitrogens with zero attached hydrogens (tertiary/aromatic N) is 1. The zero-order valence-corrected chi connectivity index (χ0v) is 10.9. The van der Waals surface area contributed by atoms with Gasteiger partial charge in [0.1, 0.15) is 10.7 Å². The number of H-pyrrole nitrogens is 1. The van der Waals surface area contributed by atoms with Crippen molar-refractivity contribution in [3.8, 4) is 0 Å². The number of sulfonamides is 1. The third-order valence-electron chi connectivity index (χ3n) is 2.32. The van der Waals surface area contributed by atoms with E-state index in [0.717, 1.165) is 6.07 Å². The third kappa shape index (κ3) is 2.60. The highest BCUT2D eigenvalue weighted by Crippen LogP contribution is 2.22. The number of furan rings is 1. The van der Waals surface area contributed by atoms with Crippen molar-refractivity contribution in [3.63, 3.8) is 0 Å². The summed E-state index contributed by atoms with van der Waals surface area (Å²) in [5.74, 6) is -1.65. The van der Waals surface area contributed by atoms with E-state index in [9.17, 15) is 13.2 Å². The largest absolute Gasteiger partial charge is 0.475 e. The molecule has 0 radical (unpaired) electrons. The Balaban J connectivity index is 2.37. The van der Waals surface area contributed by atoms with Gasteiger partial charge >= 0.3 is 5.97 Å². The minimum Gasteiger partial charge on any atom is -0.475 e. The number of carboxylic acids is 1. The summed E-state index contributed by atoms with van der Waals surface area (Å²) in [4.78, 5) is 10.5. The van der Waals surface area contributed by atoms with Crippen LogP contribution >= 0.6 is 0 Å². The SMILES string of the molecule is Cc1cc(NS(=O)(=O)c2cc(C(=O)O)oc2C)n[nH]1. The fourth-order valence-corrected chi connectivity index (χ4v) is 2.67. The van der Waals surface area contributed by atoms with Crippen LogP contribution in [0.5, 0.6) is 0 Å². The highest BCUT2D eigenvalue weighted by Gasteiger charge is 2.24. The molecule has 0 spiro atoms. The Morgan fingerprint density at radius 2 is 2.11 bits per heavy atom. The maximum atomic E-state index is 12.0. The fourth-order valence-electron chi connectivity index (χ4n) is 1.50. The molecule has 0 saturated heterocycles. The first-order valence-corrected chi connectivity index (χ1v) is 6.66. The van der Waals surface area contributed by atoms with Gasteiger partial charge in [-0.3, -0.25) is 9.82 Å². The lowest BCUT2D eigenvalue weighted by atomic mass is 10.4. The third-order valence-corrected chi connectivity index (χ3v) is 3.78. The van der Waals surface area contributed by atoms with Crippen LogP contribution in [0, 0.1) is 13.8 Å². The fraction of sp³-hybridized carbons (Fsp3) is 0.200. The molecule has 0 bridgehead atoms. The number of rotatable bonds is 4. The molecule has 0 aromatic carbocycles. The predicted molar refractivity (Wildman–Crippen MR) is 64.5 cm³/mol. The lowest BCUT2D eigenvalue weighted by molar-refractivity contribution is 0.0661. The van der Waals surface area contributed by atoms with Gasteiger partial charge in [-0.15, -0.1) is 0 Å². The molecule has 0 amide bonds. The molecule has 2 aromatic rings. The van der Waals surface area contributed by atoms with E-state index in [-0.39, 0.29) is 16.5 Å². The summed E-state index contributed by atoms with van der Waals surface area (Å²) in [7, 11) is -3.93. The molecular weight excluding hydrogens is 274 g/mol. The number of carbonyl (C=O) groups is 1. The molecule has 0 aliphatic rings. The predicted octanol–water partition coefficient (Wildman–Crippen LogP) is 1.12. The number of nitrogens with one attached hydrogen (secondary N) is 2. The van der Waals surface area contributed by atoms with Crippen LogP contribution in [0.2, 0.25) is 0 Å². The average molecular weight is 285 g/mol. The van der Waals surface area contributed by atoms with Gasteiger partial charge in [-0.25, -0.2) is 13.2 Å². The quantitative estimate of drug-likeness (QED) is 0.772. The zero-order valence-electron chi connectivity index (χ0n) is 10.1. The molecule has 102 valence electrons. The summed E-state index contributed by atoms with van der Waals surface area (Å²) in [6.07, 6.45) is 0. The number of aromatic nitrogens is 2. The van der Waals surface area contributed by atoms with Crippen LogP contribution in [-0.4, -0.2) is 29.7 Å². The van der Waals surface area contributed by atoms with Crippen LogP contribution < -0.4 is 4.72 Å². The number of hydrogen-bond donors (Lipinski definition) is 3. The van der Waals surface area contributed by atoms with E-state index in [0.29, 0.717) is 5.69 Å². The molecule has 2 aromatic heterocycles. The highest BCUT2D eigenvalue weighted by molar-refractivity contribution is 7.92. The normalized spacial score (nSPS) is 11.5. The maximum Gasteiger partial charge on any atom is 0.371 e. The molecule has 19 heavy (non-hydrogen) atoms. The average Bonchev–Trinajstić information content (AvgIpc) is 2.85.